The lowest BCUT2D eigenvalue weighted by atomic mass is 9.95. The molecule has 0 aromatic heterocycles. The summed E-state index contributed by atoms with van der Waals surface area (Å²) in [6.07, 6.45) is 7.11. The first-order valence-corrected chi connectivity index (χ1v) is 10.8. The van der Waals surface area contributed by atoms with E-state index >= 15 is 0 Å². The highest BCUT2D eigenvalue weighted by Crippen LogP contribution is 2.24. The summed E-state index contributed by atoms with van der Waals surface area (Å²) in [6.45, 7) is 0.202. The summed E-state index contributed by atoms with van der Waals surface area (Å²) >= 11 is 0. The van der Waals surface area contributed by atoms with Gasteiger partial charge in [0.1, 0.15) is 6.10 Å². The molecule has 4 N–H and O–H groups in total. The van der Waals surface area contributed by atoms with Crippen molar-refractivity contribution in [1.29, 1.82) is 0 Å². The lowest BCUT2D eigenvalue weighted by molar-refractivity contribution is -0.137. The smallest absolute Gasteiger partial charge is 0.338 e. The average Bonchev–Trinajstić information content (AvgIpc) is 2.80. The quantitative estimate of drug-likeness (QED) is 0.366. The van der Waals surface area contributed by atoms with Crippen molar-refractivity contribution in [3.05, 3.63) is 65.2 Å². The van der Waals surface area contributed by atoms with E-state index in [9.17, 15) is 9.59 Å². The van der Waals surface area contributed by atoms with E-state index in [0.29, 0.717) is 23.4 Å². The Morgan fingerprint density at radius 3 is 2.38 bits per heavy atom. The Kier molecular flexibility index (Phi) is 8.27. The Morgan fingerprint density at radius 2 is 1.69 bits per heavy atom. The van der Waals surface area contributed by atoms with Gasteiger partial charge in [0, 0.05) is 31.0 Å². The molecular weight excluding hydrogens is 408 g/mol. The molecule has 0 radical (unpaired) electrons. The number of anilines is 2. The van der Waals surface area contributed by atoms with Crippen molar-refractivity contribution >= 4 is 29.4 Å². The van der Waals surface area contributed by atoms with Gasteiger partial charge in [0.2, 0.25) is 0 Å². The Bertz CT molecular complexity index is 947. The van der Waals surface area contributed by atoms with Gasteiger partial charge >= 0.3 is 11.9 Å². The Morgan fingerprint density at radius 1 is 1.00 bits per heavy atom. The van der Waals surface area contributed by atoms with Gasteiger partial charge in [0.05, 0.1) is 18.3 Å². The minimum Gasteiger partial charge on any atom is -0.462 e. The van der Waals surface area contributed by atoms with Gasteiger partial charge in [0.15, 0.2) is 0 Å². The lowest BCUT2D eigenvalue weighted by Crippen LogP contribution is -2.27. The highest BCUT2D eigenvalue weighted by molar-refractivity contribution is 5.90. The van der Waals surface area contributed by atoms with Crippen LogP contribution in [0, 0.1) is 0 Å². The molecule has 0 amide bonds. The molecule has 0 spiro atoms. The topological polar surface area (TPSA) is 114 Å². The van der Waals surface area contributed by atoms with E-state index in [1.165, 1.54) is 6.08 Å². The van der Waals surface area contributed by atoms with Crippen molar-refractivity contribution in [3.63, 3.8) is 0 Å². The fourth-order valence-electron chi connectivity index (χ4n) is 3.65. The second-order valence-corrected chi connectivity index (χ2v) is 7.87. The normalized spacial score (nSPS) is 18.4. The Labute approximate surface area is 188 Å². The second-order valence-electron chi connectivity index (χ2n) is 7.87. The molecule has 32 heavy (non-hydrogen) atoms. The van der Waals surface area contributed by atoms with Crippen molar-refractivity contribution < 1.29 is 23.8 Å². The third kappa shape index (κ3) is 6.85. The first kappa shape index (κ1) is 23.3. The highest BCUT2D eigenvalue weighted by atomic mass is 16.5. The number of carbonyl (C=O) groups excluding carboxylic acids is 2. The molecule has 0 heterocycles. The summed E-state index contributed by atoms with van der Waals surface area (Å²) in [6, 6.07) is 12.1. The van der Waals surface area contributed by atoms with Crippen LogP contribution in [0.15, 0.2) is 48.5 Å². The molecule has 7 nitrogen and oxygen atoms in total. The predicted octanol–water partition coefficient (Wildman–Crippen LogP) is 3.76. The van der Waals surface area contributed by atoms with Gasteiger partial charge in [-0.25, -0.2) is 9.59 Å². The SMILES string of the molecule is COC1CCC(OC(=O)c2ccc(C=CC(=O)OCCc3cc(N)ccc3N)cc2)CC1. The van der Waals surface area contributed by atoms with E-state index < -0.39 is 5.97 Å². The number of benzene rings is 2. The molecule has 3 rings (SSSR count). The van der Waals surface area contributed by atoms with E-state index in [2.05, 4.69) is 0 Å². The van der Waals surface area contributed by atoms with Crippen LogP contribution in [0.25, 0.3) is 6.08 Å². The number of rotatable bonds is 8. The number of esters is 2. The van der Waals surface area contributed by atoms with Crippen LogP contribution < -0.4 is 11.5 Å². The van der Waals surface area contributed by atoms with Crippen LogP contribution >= 0.6 is 0 Å². The molecule has 1 fully saturated rings. The summed E-state index contributed by atoms with van der Waals surface area (Å²) in [5.74, 6) is -0.788. The van der Waals surface area contributed by atoms with Crippen LogP contribution in [0.2, 0.25) is 0 Å². The van der Waals surface area contributed by atoms with Crippen molar-refractivity contribution in [1.82, 2.24) is 0 Å². The monoisotopic (exact) mass is 438 g/mol. The van der Waals surface area contributed by atoms with Crippen LogP contribution in [-0.4, -0.2) is 37.9 Å². The largest absolute Gasteiger partial charge is 0.462 e. The zero-order valence-corrected chi connectivity index (χ0v) is 18.3. The molecule has 1 saturated carbocycles. The number of nitrogen functional groups attached to an aromatic ring is 2. The summed E-state index contributed by atoms with van der Waals surface area (Å²) in [5, 5.41) is 0. The molecule has 1 aliphatic carbocycles. The third-order valence-corrected chi connectivity index (χ3v) is 5.57. The lowest BCUT2D eigenvalue weighted by Gasteiger charge is -2.27. The minimum absolute atomic E-state index is 0.0640. The maximum absolute atomic E-state index is 12.4. The number of hydrogen-bond acceptors (Lipinski definition) is 7. The molecule has 170 valence electrons. The predicted molar refractivity (Wildman–Crippen MR) is 124 cm³/mol. The zero-order chi connectivity index (χ0) is 22.9. The van der Waals surface area contributed by atoms with E-state index in [1.807, 2.05) is 0 Å². The molecule has 0 atom stereocenters. The summed E-state index contributed by atoms with van der Waals surface area (Å²) in [5.41, 5.74) is 15.0. The molecular formula is C25H30N2O5. The summed E-state index contributed by atoms with van der Waals surface area (Å²) in [4.78, 5) is 24.3. The zero-order valence-electron chi connectivity index (χ0n) is 18.3. The second kappa shape index (κ2) is 11.3. The standard InChI is InChI=1S/C25H30N2O5/c1-30-21-8-10-22(11-9-21)32-25(29)18-5-2-17(3-6-18)4-13-24(28)31-15-14-19-16-20(26)7-12-23(19)27/h2-7,12-13,16,21-22H,8-11,14-15,26-27H2,1H3. The minimum atomic E-state index is -0.456. The number of hydrogen-bond donors (Lipinski definition) is 2. The summed E-state index contributed by atoms with van der Waals surface area (Å²) < 4.78 is 16.2. The first-order valence-electron chi connectivity index (χ1n) is 10.8. The first-order chi connectivity index (χ1) is 15.4. The van der Waals surface area contributed by atoms with E-state index in [0.717, 1.165) is 36.8 Å². The van der Waals surface area contributed by atoms with Crippen LogP contribution in [0.1, 0.15) is 47.2 Å². The van der Waals surface area contributed by atoms with Crippen molar-refractivity contribution in [2.75, 3.05) is 25.2 Å². The van der Waals surface area contributed by atoms with E-state index in [4.69, 9.17) is 25.7 Å². The van der Waals surface area contributed by atoms with Gasteiger partial charge in [-0.05, 0) is 73.2 Å². The summed E-state index contributed by atoms with van der Waals surface area (Å²) in [7, 11) is 1.71. The maximum atomic E-state index is 12.4. The average molecular weight is 439 g/mol. The molecule has 1 aliphatic rings. The molecule has 2 aromatic rings. The van der Waals surface area contributed by atoms with Gasteiger partial charge in [0.25, 0.3) is 0 Å². The number of ether oxygens (including phenoxy) is 3. The fourth-order valence-corrected chi connectivity index (χ4v) is 3.65. The van der Waals surface area contributed by atoms with Crippen molar-refractivity contribution in [3.8, 4) is 0 Å². The van der Waals surface area contributed by atoms with Gasteiger partial charge in [-0.2, -0.15) is 0 Å². The fraction of sp³-hybridized carbons (Fsp3) is 0.360. The molecule has 0 aliphatic heterocycles. The maximum Gasteiger partial charge on any atom is 0.338 e. The van der Waals surface area contributed by atoms with Crippen molar-refractivity contribution in [2.24, 2.45) is 0 Å². The Balaban J connectivity index is 1.43. The third-order valence-electron chi connectivity index (χ3n) is 5.57. The van der Waals surface area contributed by atoms with Gasteiger partial charge in [-0.15, -0.1) is 0 Å². The molecule has 7 heteroatoms. The van der Waals surface area contributed by atoms with Crippen LogP contribution in [0.4, 0.5) is 11.4 Å². The van der Waals surface area contributed by atoms with Crippen molar-refractivity contribution in [2.45, 2.75) is 44.3 Å². The van der Waals surface area contributed by atoms with Gasteiger partial charge in [-0.1, -0.05) is 12.1 Å². The molecule has 2 aromatic carbocycles. The highest BCUT2D eigenvalue weighted by Gasteiger charge is 2.24. The van der Waals surface area contributed by atoms with Gasteiger partial charge in [-0.3, -0.25) is 0 Å². The molecule has 0 bridgehead atoms. The molecule has 0 unspecified atom stereocenters. The number of nitrogens with two attached hydrogens (primary N) is 2. The van der Waals surface area contributed by atoms with Crippen LogP contribution in [0.5, 0.6) is 0 Å². The van der Waals surface area contributed by atoms with Gasteiger partial charge < -0.3 is 25.7 Å². The van der Waals surface area contributed by atoms with E-state index in [1.54, 1.807) is 55.7 Å². The Hall–Kier alpha value is -3.32. The molecule has 0 saturated heterocycles. The number of carbonyl (C=O) groups is 2. The number of methoxy groups -OCH3 is 1. The van der Waals surface area contributed by atoms with Crippen LogP contribution in [-0.2, 0) is 25.4 Å². The van der Waals surface area contributed by atoms with E-state index in [-0.39, 0.29) is 24.8 Å². The van der Waals surface area contributed by atoms with Crippen LogP contribution in [0.3, 0.4) is 0 Å².